The molecular formula is C17H19F2NO3S. The van der Waals surface area contributed by atoms with Crippen LogP contribution < -0.4 is 14.8 Å². The van der Waals surface area contributed by atoms with E-state index in [4.69, 9.17) is 4.74 Å². The number of hydrogen-bond acceptors (Lipinski definition) is 4. The molecule has 0 spiro atoms. The Morgan fingerprint density at radius 1 is 1.25 bits per heavy atom. The molecule has 2 aromatic rings. The highest BCUT2D eigenvalue weighted by molar-refractivity contribution is 7.14. The summed E-state index contributed by atoms with van der Waals surface area (Å²) in [7, 11) is 0. The van der Waals surface area contributed by atoms with Gasteiger partial charge in [0.05, 0.1) is 6.10 Å². The Morgan fingerprint density at radius 3 is 2.67 bits per heavy atom. The van der Waals surface area contributed by atoms with Crippen molar-refractivity contribution in [3.63, 3.8) is 0 Å². The third-order valence-electron chi connectivity index (χ3n) is 2.97. The van der Waals surface area contributed by atoms with Crippen LogP contribution >= 0.6 is 11.3 Å². The monoisotopic (exact) mass is 355 g/mol. The average molecular weight is 355 g/mol. The minimum absolute atomic E-state index is 0.0537. The number of ether oxygens (including phenoxy) is 2. The highest BCUT2D eigenvalue weighted by Gasteiger charge is 2.19. The van der Waals surface area contributed by atoms with Gasteiger partial charge >= 0.3 is 6.61 Å². The van der Waals surface area contributed by atoms with Crippen LogP contribution in [0, 0.1) is 6.92 Å². The number of hydrogen-bond donors (Lipinski definition) is 1. The van der Waals surface area contributed by atoms with Gasteiger partial charge in [0, 0.05) is 11.4 Å². The van der Waals surface area contributed by atoms with Gasteiger partial charge < -0.3 is 14.8 Å². The van der Waals surface area contributed by atoms with E-state index in [1.807, 2.05) is 38.1 Å². The van der Waals surface area contributed by atoms with Crippen LogP contribution in [0.2, 0.25) is 0 Å². The number of rotatable bonds is 7. The minimum Gasteiger partial charge on any atom is -0.491 e. The number of carbonyl (C=O) groups is 1. The molecule has 1 aromatic carbocycles. The first-order valence-corrected chi connectivity index (χ1v) is 8.26. The fourth-order valence-corrected chi connectivity index (χ4v) is 2.96. The number of carbonyl (C=O) groups excluding carboxylic acids is 1. The van der Waals surface area contributed by atoms with Crippen LogP contribution in [-0.4, -0.2) is 18.6 Å². The molecule has 0 unspecified atom stereocenters. The predicted molar refractivity (Wildman–Crippen MR) is 89.1 cm³/mol. The Bertz CT molecular complexity index is 701. The van der Waals surface area contributed by atoms with Crippen LogP contribution in [0.1, 0.15) is 34.0 Å². The summed E-state index contributed by atoms with van der Waals surface area (Å²) >= 11 is 1.12. The summed E-state index contributed by atoms with van der Waals surface area (Å²) < 4.78 is 34.8. The van der Waals surface area contributed by atoms with Crippen LogP contribution in [-0.2, 0) is 6.54 Å². The zero-order valence-electron chi connectivity index (χ0n) is 13.6. The van der Waals surface area contributed by atoms with Gasteiger partial charge in [-0.1, -0.05) is 12.1 Å². The van der Waals surface area contributed by atoms with Crippen LogP contribution in [0.25, 0.3) is 0 Å². The van der Waals surface area contributed by atoms with Crippen molar-refractivity contribution in [1.82, 2.24) is 5.32 Å². The Hall–Kier alpha value is -2.15. The maximum absolute atomic E-state index is 12.4. The first-order chi connectivity index (χ1) is 11.3. The lowest BCUT2D eigenvalue weighted by Crippen LogP contribution is -2.22. The Morgan fingerprint density at radius 2 is 2.00 bits per heavy atom. The first kappa shape index (κ1) is 18.2. The normalized spacial score (nSPS) is 11.0. The minimum atomic E-state index is -2.96. The van der Waals surface area contributed by atoms with E-state index in [-0.39, 0.29) is 23.3 Å². The van der Waals surface area contributed by atoms with E-state index in [1.165, 1.54) is 6.07 Å². The fraction of sp³-hybridized carbons (Fsp3) is 0.353. The van der Waals surface area contributed by atoms with Crippen molar-refractivity contribution in [3.8, 4) is 11.5 Å². The Labute approximate surface area is 143 Å². The van der Waals surface area contributed by atoms with Crippen molar-refractivity contribution >= 4 is 17.2 Å². The molecule has 0 bridgehead atoms. The third kappa shape index (κ3) is 5.19. The van der Waals surface area contributed by atoms with Gasteiger partial charge in [0.2, 0.25) is 0 Å². The number of alkyl halides is 2. The lowest BCUT2D eigenvalue weighted by molar-refractivity contribution is -0.0498. The summed E-state index contributed by atoms with van der Waals surface area (Å²) in [4.78, 5) is 13.1. The average Bonchev–Trinajstić information content (AvgIpc) is 2.84. The summed E-state index contributed by atoms with van der Waals surface area (Å²) in [6.45, 7) is 2.89. The fourth-order valence-electron chi connectivity index (χ4n) is 2.10. The SMILES string of the molecule is Cc1cc(OC(F)F)c(C(=O)NCc2cccc(OC(C)C)c2)s1. The highest BCUT2D eigenvalue weighted by Crippen LogP contribution is 2.30. The highest BCUT2D eigenvalue weighted by atomic mass is 32.1. The molecule has 0 saturated heterocycles. The number of amides is 1. The van der Waals surface area contributed by atoms with Crippen molar-refractivity contribution in [3.05, 3.63) is 45.6 Å². The summed E-state index contributed by atoms with van der Waals surface area (Å²) in [6.07, 6.45) is 0.0537. The van der Waals surface area contributed by atoms with E-state index < -0.39 is 12.5 Å². The summed E-state index contributed by atoms with van der Waals surface area (Å²) in [5.74, 6) is 0.172. The van der Waals surface area contributed by atoms with Gasteiger partial charge in [0.15, 0.2) is 0 Å². The second kappa shape index (κ2) is 8.10. The molecule has 1 amide bonds. The summed E-state index contributed by atoms with van der Waals surface area (Å²) in [6, 6.07) is 8.78. The van der Waals surface area contributed by atoms with Gasteiger partial charge in [-0.05, 0) is 44.5 Å². The number of nitrogens with one attached hydrogen (secondary N) is 1. The molecule has 0 aliphatic rings. The van der Waals surface area contributed by atoms with E-state index in [9.17, 15) is 13.6 Å². The molecule has 0 fully saturated rings. The molecule has 0 aliphatic carbocycles. The number of benzene rings is 1. The van der Waals surface area contributed by atoms with Gasteiger partial charge in [0.1, 0.15) is 16.4 Å². The van der Waals surface area contributed by atoms with Gasteiger partial charge in [0.25, 0.3) is 5.91 Å². The second-order valence-corrected chi connectivity index (χ2v) is 6.68. The van der Waals surface area contributed by atoms with Crippen molar-refractivity contribution in [2.75, 3.05) is 0 Å². The third-order valence-corrected chi connectivity index (χ3v) is 4.00. The lowest BCUT2D eigenvalue weighted by Gasteiger charge is -2.11. The quantitative estimate of drug-likeness (QED) is 0.802. The van der Waals surface area contributed by atoms with E-state index in [1.54, 1.807) is 6.92 Å². The van der Waals surface area contributed by atoms with Crippen LogP contribution in [0.15, 0.2) is 30.3 Å². The molecule has 7 heteroatoms. The molecule has 2 rings (SSSR count). The summed E-state index contributed by atoms with van der Waals surface area (Å²) in [5, 5.41) is 2.71. The standard InChI is InChI=1S/C17H19F2NO3S/c1-10(2)22-13-6-4-5-12(8-13)9-20-16(21)15-14(23-17(18)19)7-11(3)24-15/h4-8,10,17H,9H2,1-3H3,(H,20,21). The van der Waals surface area contributed by atoms with Gasteiger partial charge in [-0.25, -0.2) is 0 Å². The van der Waals surface area contributed by atoms with E-state index >= 15 is 0 Å². The molecule has 130 valence electrons. The Balaban J connectivity index is 2.03. The van der Waals surface area contributed by atoms with Crippen molar-refractivity contribution in [1.29, 1.82) is 0 Å². The zero-order chi connectivity index (χ0) is 17.7. The van der Waals surface area contributed by atoms with Gasteiger partial charge in [-0.2, -0.15) is 8.78 Å². The molecule has 24 heavy (non-hydrogen) atoms. The van der Waals surface area contributed by atoms with E-state index in [0.29, 0.717) is 5.75 Å². The molecule has 1 aromatic heterocycles. The molecule has 0 atom stereocenters. The molecular weight excluding hydrogens is 336 g/mol. The molecule has 0 saturated carbocycles. The largest absolute Gasteiger partial charge is 0.491 e. The molecule has 4 nitrogen and oxygen atoms in total. The van der Waals surface area contributed by atoms with Crippen LogP contribution in [0.3, 0.4) is 0 Å². The lowest BCUT2D eigenvalue weighted by atomic mass is 10.2. The topological polar surface area (TPSA) is 47.6 Å². The number of aryl methyl sites for hydroxylation is 1. The maximum atomic E-state index is 12.4. The predicted octanol–water partition coefficient (Wildman–Crippen LogP) is 4.38. The maximum Gasteiger partial charge on any atom is 0.387 e. The van der Waals surface area contributed by atoms with Gasteiger partial charge in [-0.3, -0.25) is 4.79 Å². The summed E-state index contributed by atoms with van der Waals surface area (Å²) in [5.41, 5.74) is 0.853. The molecule has 0 radical (unpaired) electrons. The number of thiophene rings is 1. The second-order valence-electron chi connectivity index (χ2n) is 5.43. The van der Waals surface area contributed by atoms with Crippen LogP contribution in [0.5, 0.6) is 11.5 Å². The van der Waals surface area contributed by atoms with E-state index in [0.717, 1.165) is 21.8 Å². The van der Waals surface area contributed by atoms with Crippen molar-refractivity contribution in [2.45, 2.75) is 40.0 Å². The van der Waals surface area contributed by atoms with Gasteiger partial charge in [-0.15, -0.1) is 11.3 Å². The molecule has 1 heterocycles. The smallest absolute Gasteiger partial charge is 0.387 e. The van der Waals surface area contributed by atoms with Crippen molar-refractivity contribution in [2.24, 2.45) is 0 Å². The number of halogens is 2. The van der Waals surface area contributed by atoms with Crippen LogP contribution in [0.4, 0.5) is 8.78 Å². The van der Waals surface area contributed by atoms with Crippen molar-refractivity contribution < 1.29 is 23.0 Å². The Kier molecular flexibility index (Phi) is 6.14. The molecule has 1 N–H and O–H groups in total. The molecule has 0 aliphatic heterocycles. The first-order valence-electron chi connectivity index (χ1n) is 7.44. The zero-order valence-corrected chi connectivity index (χ0v) is 14.5. The van der Waals surface area contributed by atoms with E-state index in [2.05, 4.69) is 10.1 Å².